The first kappa shape index (κ1) is 13.6. The largest absolute Gasteiger partial charge is 0.336 e. The summed E-state index contributed by atoms with van der Waals surface area (Å²) in [6, 6.07) is 7.92. The number of carbonyl (C=O) groups excluding carboxylic acids is 2. The van der Waals surface area contributed by atoms with Crippen molar-refractivity contribution in [1.82, 2.24) is 9.80 Å². The summed E-state index contributed by atoms with van der Waals surface area (Å²) in [6.45, 7) is 1.99. The number of alkyl halides is 1. The van der Waals surface area contributed by atoms with Crippen LogP contribution in [0.5, 0.6) is 0 Å². The number of amides is 2. The van der Waals surface area contributed by atoms with Gasteiger partial charge in [0.25, 0.3) is 5.91 Å². The monoisotopic (exact) mass is 336 g/mol. The van der Waals surface area contributed by atoms with Gasteiger partial charge in [-0.3, -0.25) is 9.59 Å². The molecule has 1 atom stereocenters. The highest BCUT2D eigenvalue weighted by molar-refractivity contribution is 9.08. The Morgan fingerprint density at radius 3 is 2.70 bits per heavy atom. The lowest BCUT2D eigenvalue weighted by atomic mass is 10.1. The number of rotatable bonds is 2. The molecule has 2 saturated heterocycles. The summed E-state index contributed by atoms with van der Waals surface area (Å²) in [4.78, 5) is 27.9. The summed E-state index contributed by atoms with van der Waals surface area (Å²) >= 11 is 3.40. The molecule has 0 radical (unpaired) electrons. The van der Waals surface area contributed by atoms with Gasteiger partial charge in [0.05, 0.1) is 0 Å². The van der Waals surface area contributed by atoms with Gasteiger partial charge in [-0.2, -0.15) is 0 Å². The average molecular weight is 337 g/mol. The molecular weight excluding hydrogens is 320 g/mol. The van der Waals surface area contributed by atoms with Gasteiger partial charge in [0.15, 0.2) is 0 Å². The minimum atomic E-state index is 0.0742. The summed E-state index contributed by atoms with van der Waals surface area (Å²) < 4.78 is 0. The zero-order valence-corrected chi connectivity index (χ0v) is 12.8. The second-order valence-corrected chi connectivity index (χ2v) is 5.92. The van der Waals surface area contributed by atoms with Gasteiger partial charge in [0.1, 0.15) is 0 Å². The fourth-order valence-corrected chi connectivity index (χ4v) is 3.34. The third-order valence-corrected chi connectivity index (χ3v) is 4.78. The van der Waals surface area contributed by atoms with E-state index < -0.39 is 0 Å². The molecule has 1 unspecified atom stereocenters. The van der Waals surface area contributed by atoms with Crippen molar-refractivity contribution >= 4 is 27.7 Å². The van der Waals surface area contributed by atoms with Crippen molar-refractivity contribution < 1.29 is 9.59 Å². The molecule has 2 aliphatic rings. The highest BCUT2D eigenvalue weighted by Gasteiger charge is 2.36. The molecular formula is C15H17BrN2O2. The first-order chi connectivity index (χ1) is 9.69. The quantitative estimate of drug-likeness (QED) is 0.775. The van der Waals surface area contributed by atoms with Crippen molar-refractivity contribution in [3.63, 3.8) is 0 Å². The van der Waals surface area contributed by atoms with Crippen molar-refractivity contribution in [1.29, 1.82) is 0 Å². The summed E-state index contributed by atoms with van der Waals surface area (Å²) in [5.74, 6) is 0.314. The van der Waals surface area contributed by atoms with E-state index in [9.17, 15) is 9.59 Å². The molecule has 0 bridgehead atoms. The smallest absolute Gasteiger partial charge is 0.253 e. The third-order valence-electron chi connectivity index (χ3n) is 4.14. The zero-order valence-electron chi connectivity index (χ0n) is 11.2. The van der Waals surface area contributed by atoms with Crippen LogP contribution < -0.4 is 0 Å². The number of fused-ring (bicyclic) bond motifs is 1. The van der Waals surface area contributed by atoms with Crippen LogP contribution in [0.3, 0.4) is 0 Å². The molecule has 1 aromatic rings. The SMILES string of the molecule is O=C(c1ccc(CBr)cc1)N1CCN2C(=O)CCC2C1. The van der Waals surface area contributed by atoms with E-state index in [1.807, 2.05) is 34.1 Å². The van der Waals surface area contributed by atoms with Crippen LogP contribution in [0, 0.1) is 0 Å². The predicted molar refractivity (Wildman–Crippen MR) is 79.7 cm³/mol. The standard InChI is InChI=1S/C15H17BrN2O2/c16-9-11-1-3-12(4-2-11)15(20)17-7-8-18-13(10-17)5-6-14(18)19/h1-4,13H,5-10H2. The molecule has 5 heteroatoms. The molecule has 2 heterocycles. The molecule has 2 fully saturated rings. The summed E-state index contributed by atoms with van der Waals surface area (Å²) in [5, 5.41) is 0.796. The Hall–Kier alpha value is -1.36. The van der Waals surface area contributed by atoms with Crippen LogP contribution in [0.2, 0.25) is 0 Å². The Morgan fingerprint density at radius 1 is 1.25 bits per heavy atom. The second kappa shape index (κ2) is 5.56. The second-order valence-electron chi connectivity index (χ2n) is 5.36. The van der Waals surface area contributed by atoms with E-state index in [1.165, 1.54) is 0 Å². The minimum Gasteiger partial charge on any atom is -0.336 e. The first-order valence-corrected chi connectivity index (χ1v) is 8.05. The number of hydrogen-bond acceptors (Lipinski definition) is 2. The van der Waals surface area contributed by atoms with Gasteiger partial charge in [0.2, 0.25) is 5.91 Å². The maximum Gasteiger partial charge on any atom is 0.253 e. The van der Waals surface area contributed by atoms with E-state index in [0.29, 0.717) is 26.1 Å². The number of nitrogens with zero attached hydrogens (tertiary/aromatic N) is 2. The van der Waals surface area contributed by atoms with Gasteiger partial charge < -0.3 is 9.80 Å². The van der Waals surface area contributed by atoms with E-state index in [-0.39, 0.29) is 17.9 Å². The summed E-state index contributed by atoms with van der Waals surface area (Å²) in [7, 11) is 0. The number of halogens is 1. The Labute approximate surface area is 126 Å². The summed E-state index contributed by atoms with van der Waals surface area (Å²) in [6.07, 6.45) is 1.51. The Kier molecular flexibility index (Phi) is 3.78. The lowest BCUT2D eigenvalue weighted by Crippen LogP contribution is -2.53. The Balaban J connectivity index is 1.70. The maximum absolute atomic E-state index is 12.5. The number of carbonyl (C=O) groups is 2. The van der Waals surface area contributed by atoms with Gasteiger partial charge in [-0.25, -0.2) is 0 Å². The van der Waals surface area contributed by atoms with Crippen LogP contribution in [-0.4, -0.2) is 47.3 Å². The highest BCUT2D eigenvalue weighted by Crippen LogP contribution is 2.23. The van der Waals surface area contributed by atoms with Crippen molar-refractivity contribution in [3.8, 4) is 0 Å². The number of piperazine rings is 1. The molecule has 4 nitrogen and oxygen atoms in total. The zero-order chi connectivity index (χ0) is 14.1. The van der Waals surface area contributed by atoms with E-state index >= 15 is 0 Å². The van der Waals surface area contributed by atoms with Gasteiger partial charge in [-0.15, -0.1) is 0 Å². The van der Waals surface area contributed by atoms with Crippen molar-refractivity contribution in [2.75, 3.05) is 19.6 Å². The number of benzene rings is 1. The maximum atomic E-state index is 12.5. The molecule has 0 spiro atoms. The van der Waals surface area contributed by atoms with Crippen LogP contribution in [0.25, 0.3) is 0 Å². The lowest BCUT2D eigenvalue weighted by molar-refractivity contribution is -0.130. The van der Waals surface area contributed by atoms with E-state index in [1.54, 1.807) is 0 Å². The van der Waals surface area contributed by atoms with Crippen LogP contribution in [-0.2, 0) is 10.1 Å². The Bertz CT molecular complexity index is 529. The molecule has 0 aliphatic carbocycles. The molecule has 2 aliphatic heterocycles. The van der Waals surface area contributed by atoms with Crippen LogP contribution in [0.15, 0.2) is 24.3 Å². The molecule has 0 aromatic heterocycles. The Morgan fingerprint density at radius 2 is 2.00 bits per heavy atom. The average Bonchev–Trinajstić information content (AvgIpc) is 2.87. The van der Waals surface area contributed by atoms with Crippen molar-refractivity contribution in [2.24, 2.45) is 0 Å². The third kappa shape index (κ3) is 2.46. The topological polar surface area (TPSA) is 40.6 Å². The van der Waals surface area contributed by atoms with E-state index in [0.717, 1.165) is 22.9 Å². The summed E-state index contributed by atoms with van der Waals surface area (Å²) in [5.41, 5.74) is 1.89. The predicted octanol–water partition coefficient (Wildman–Crippen LogP) is 2.03. The minimum absolute atomic E-state index is 0.0742. The van der Waals surface area contributed by atoms with Crippen molar-refractivity contribution in [3.05, 3.63) is 35.4 Å². The fourth-order valence-electron chi connectivity index (χ4n) is 2.97. The molecule has 1 aromatic carbocycles. The van der Waals surface area contributed by atoms with Gasteiger partial charge in [-0.1, -0.05) is 28.1 Å². The fraction of sp³-hybridized carbons (Fsp3) is 0.467. The van der Waals surface area contributed by atoms with E-state index in [2.05, 4.69) is 15.9 Å². The molecule has 20 heavy (non-hydrogen) atoms. The number of hydrogen-bond donors (Lipinski definition) is 0. The van der Waals surface area contributed by atoms with Crippen LogP contribution in [0.4, 0.5) is 0 Å². The molecule has 106 valence electrons. The normalized spacial score (nSPS) is 22.1. The molecule has 2 amide bonds. The lowest BCUT2D eigenvalue weighted by Gasteiger charge is -2.37. The first-order valence-electron chi connectivity index (χ1n) is 6.92. The van der Waals surface area contributed by atoms with Gasteiger partial charge in [0, 0.05) is 43.0 Å². The highest BCUT2D eigenvalue weighted by atomic mass is 79.9. The van der Waals surface area contributed by atoms with E-state index in [4.69, 9.17) is 0 Å². The molecule has 3 rings (SSSR count). The van der Waals surface area contributed by atoms with Crippen LogP contribution in [0.1, 0.15) is 28.8 Å². The van der Waals surface area contributed by atoms with Crippen molar-refractivity contribution in [2.45, 2.75) is 24.2 Å². The van der Waals surface area contributed by atoms with Gasteiger partial charge >= 0.3 is 0 Å². The van der Waals surface area contributed by atoms with Gasteiger partial charge in [-0.05, 0) is 24.1 Å². The van der Waals surface area contributed by atoms with Crippen LogP contribution >= 0.6 is 15.9 Å². The molecule has 0 saturated carbocycles. The molecule has 0 N–H and O–H groups in total.